The first kappa shape index (κ1) is 17.4. The summed E-state index contributed by atoms with van der Waals surface area (Å²) in [5, 5.41) is 0.174. The molecule has 3 rings (SSSR count). The lowest BCUT2D eigenvalue weighted by Gasteiger charge is -2.25. The van der Waals surface area contributed by atoms with Gasteiger partial charge in [-0.1, -0.05) is 37.7 Å². The lowest BCUT2D eigenvalue weighted by atomic mass is 10.1. The fourth-order valence-electron chi connectivity index (χ4n) is 2.87. The number of sulfone groups is 1. The lowest BCUT2D eigenvalue weighted by Crippen LogP contribution is -2.38. The van der Waals surface area contributed by atoms with Crippen LogP contribution in [-0.2, 0) is 14.6 Å². The number of hydrogen-bond acceptors (Lipinski definition) is 4. The van der Waals surface area contributed by atoms with E-state index in [2.05, 4.69) is 4.99 Å². The molecule has 1 aromatic carbocycles. The first-order chi connectivity index (χ1) is 11.3. The van der Waals surface area contributed by atoms with Crippen molar-refractivity contribution in [1.29, 1.82) is 0 Å². The van der Waals surface area contributed by atoms with Crippen LogP contribution in [0.4, 0.5) is 10.1 Å². The molecule has 1 aromatic rings. The zero-order valence-electron chi connectivity index (χ0n) is 13.5. The van der Waals surface area contributed by atoms with E-state index < -0.39 is 15.7 Å². The van der Waals surface area contributed by atoms with Gasteiger partial charge in [-0.05, 0) is 18.6 Å². The summed E-state index contributed by atoms with van der Waals surface area (Å²) in [4.78, 5) is 18.0. The monoisotopic (exact) mass is 370 g/mol. The summed E-state index contributed by atoms with van der Waals surface area (Å²) in [6.07, 6.45) is 0.668. The highest BCUT2D eigenvalue weighted by Crippen LogP contribution is 2.41. The molecule has 0 unspecified atom stereocenters. The van der Waals surface area contributed by atoms with E-state index in [0.717, 1.165) is 0 Å². The van der Waals surface area contributed by atoms with Gasteiger partial charge >= 0.3 is 0 Å². The van der Waals surface area contributed by atoms with E-state index in [1.165, 1.54) is 17.8 Å². The molecule has 24 heavy (non-hydrogen) atoms. The summed E-state index contributed by atoms with van der Waals surface area (Å²) in [6, 6.07) is 5.79. The number of benzene rings is 1. The molecule has 130 valence electrons. The topological polar surface area (TPSA) is 66.8 Å². The summed E-state index contributed by atoms with van der Waals surface area (Å²) in [5.41, 5.74) is 0.269. The Hall–Kier alpha value is -1.41. The number of nitrogens with zero attached hydrogens (tertiary/aromatic N) is 2. The van der Waals surface area contributed by atoms with Gasteiger partial charge in [0.2, 0.25) is 0 Å². The number of thioether (sulfide) groups is 1. The smallest absolute Gasteiger partial charge is 0.250 e. The van der Waals surface area contributed by atoms with E-state index in [-0.39, 0.29) is 40.3 Å². The average molecular weight is 370 g/mol. The molecule has 0 aromatic heterocycles. The molecule has 2 saturated heterocycles. The summed E-state index contributed by atoms with van der Waals surface area (Å²) in [6.45, 7) is 3.70. The number of anilines is 1. The number of aliphatic imine (C=N–C) groups is 1. The maximum atomic E-state index is 14.3. The molecule has 2 aliphatic heterocycles. The molecule has 2 fully saturated rings. The highest BCUT2D eigenvalue weighted by atomic mass is 32.2. The SMILES string of the molecule is CC[C@H](C)C(=O)N=C1S[C@@H]2CS(=O)(=O)C[C@@H]2N1c1ccccc1F. The Morgan fingerprint density at radius 1 is 1.42 bits per heavy atom. The normalized spacial score (nSPS) is 28.1. The van der Waals surface area contributed by atoms with Crippen molar-refractivity contribution in [3.05, 3.63) is 30.1 Å². The molecule has 8 heteroatoms. The minimum absolute atomic E-state index is 0.0316. The molecule has 0 saturated carbocycles. The van der Waals surface area contributed by atoms with E-state index in [4.69, 9.17) is 0 Å². The van der Waals surface area contributed by atoms with Crippen molar-refractivity contribution >= 4 is 38.4 Å². The van der Waals surface area contributed by atoms with E-state index >= 15 is 0 Å². The van der Waals surface area contributed by atoms with Crippen LogP contribution in [0.2, 0.25) is 0 Å². The molecular formula is C16H19FN2O3S2. The van der Waals surface area contributed by atoms with Crippen molar-refractivity contribution in [3.8, 4) is 0 Å². The van der Waals surface area contributed by atoms with Crippen molar-refractivity contribution in [1.82, 2.24) is 0 Å². The van der Waals surface area contributed by atoms with Crippen LogP contribution >= 0.6 is 11.8 Å². The fraction of sp³-hybridized carbons (Fsp3) is 0.500. The first-order valence-corrected chi connectivity index (χ1v) is 10.6. The number of hydrogen-bond donors (Lipinski definition) is 0. The number of amides is 1. The Morgan fingerprint density at radius 3 is 2.79 bits per heavy atom. The second-order valence-corrected chi connectivity index (χ2v) is 9.52. The van der Waals surface area contributed by atoms with Gasteiger partial charge in [0.05, 0.1) is 23.2 Å². The predicted octanol–water partition coefficient (Wildman–Crippen LogP) is 2.47. The van der Waals surface area contributed by atoms with E-state index in [9.17, 15) is 17.6 Å². The van der Waals surface area contributed by atoms with Gasteiger partial charge in [0, 0.05) is 11.2 Å². The van der Waals surface area contributed by atoms with Gasteiger partial charge in [-0.3, -0.25) is 4.79 Å². The van der Waals surface area contributed by atoms with E-state index in [0.29, 0.717) is 11.6 Å². The first-order valence-electron chi connectivity index (χ1n) is 7.85. The van der Waals surface area contributed by atoms with Crippen molar-refractivity contribution in [2.75, 3.05) is 16.4 Å². The zero-order valence-corrected chi connectivity index (χ0v) is 15.1. The quantitative estimate of drug-likeness (QED) is 0.818. The molecule has 2 aliphatic rings. The number of carbonyl (C=O) groups is 1. The summed E-state index contributed by atoms with van der Waals surface area (Å²) >= 11 is 1.26. The highest BCUT2D eigenvalue weighted by Gasteiger charge is 2.50. The van der Waals surface area contributed by atoms with Crippen LogP contribution < -0.4 is 4.90 Å². The molecular weight excluding hydrogens is 351 g/mol. The molecule has 0 radical (unpaired) electrons. The maximum absolute atomic E-state index is 14.3. The van der Waals surface area contributed by atoms with Crippen LogP contribution in [0, 0.1) is 11.7 Å². The van der Waals surface area contributed by atoms with Gasteiger partial charge < -0.3 is 4.90 Å². The third kappa shape index (κ3) is 3.21. The minimum Gasteiger partial charge on any atom is -0.313 e. The standard InChI is InChI=1S/C16H19FN2O3S2/c1-3-10(2)15(20)18-16-19(12-7-5-4-6-11(12)17)13-8-24(21,22)9-14(13)23-16/h4-7,10,13-14H,3,8-9H2,1-2H3/t10-,13-,14+/m0/s1. The predicted molar refractivity (Wildman–Crippen MR) is 94.6 cm³/mol. The Labute approximate surface area is 145 Å². The molecule has 0 aliphatic carbocycles. The van der Waals surface area contributed by atoms with Gasteiger partial charge in [0.15, 0.2) is 15.0 Å². The zero-order chi connectivity index (χ0) is 17.5. The van der Waals surface area contributed by atoms with Gasteiger partial charge in [0.1, 0.15) is 5.82 Å². The molecule has 0 spiro atoms. The molecule has 0 bridgehead atoms. The Morgan fingerprint density at radius 2 is 2.12 bits per heavy atom. The van der Waals surface area contributed by atoms with Crippen molar-refractivity contribution in [3.63, 3.8) is 0 Å². The second-order valence-electron chi connectivity index (χ2n) is 6.16. The van der Waals surface area contributed by atoms with E-state index in [1.54, 1.807) is 30.0 Å². The Kier molecular flexibility index (Phi) is 4.70. The Bertz CT molecular complexity index is 794. The number of halogens is 1. The second kappa shape index (κ2) is 6.48. The molecule has 3 atom stereocenters. The largest absolute Gasteiger partial charge is 0.313 e. The third-order valence-corrected chi connectivity index (χ3v) is 7.63. The molecule has 1 amide bonds. The van der Waals surface area contributed by atoms with Crippen LogP contribution in [0.5, 0.6) is 0 Å². The summed E-state index contributed by atoms with van der Waals surface area (Å²) < 4.78 is 38.2. The van der Waals surface area contributed by atoms with Crippen LogP contribution in [0.15, 0.2) is 29.3 Å². The Balaban J connectivity index is 2.02. The van der Waals surface area contributed by atoms with Gasteiger partial charge in [-0.2, -0.15) is 4.99 Å². The lowest BCUT2D eigenvalue weighted by molar-refractivity contribution is -0.121. The summed E-state index contributed by atoms with van der Waals surface area (Å²) in [7, 11) is -3.16. The molecule has 5 nitrogen and oxygen atoms in total. The number of fused-ring (bicyclic) bond motifs is 1. The molecule has 0 N–H and O–H groups in total. The number of carbonyl (C=O) groups excluding carboxylic acids is 1. The van der Waals surface area contributed by atoms with E-state index in [1.807, 2.05) is 6.92 Å². The summed E-state index contributed by atoms with van der Waals surface area (Å²) in [5.74, 6) is -0.944. The number of para-hydroxylation sites is 1. The molecule has 2 heterocycles. The highest BCUT2D eigenvalue weighted by molar-refractivity contribution is 8.16. The van der Waals surface area contributed by atoms with Crippen LogP contribution in [0.1, 0.15) is 20.3 Å². The number of rotatable bonds is 3. The van der Waals surface area contributed by atoms with Crippen LogP contribution in [0.25, 0.3) is 0 Å². The van der Waals surface area contributed by atoms with Crippen molar-refractivity contribution < 1.29 is 17.6 Å². The van der Waals surface area contributed by atoms with Gasteiger partial charge in [-0.25, -0.2) is 12.8 Å². The van der Waals surface area contributed by atoms with Crippen LogP contribution in [-0.4, -0.2) is 42.3 Å². The average Bonchev–Trinajstić information content (AvgIpc) is 2.98. The van der Waals surface area contributed by atoms with Crippen molar-refractivity contribution in [2.45, 2.75) is 31.6 Å². The van der Waals surface area contributed by atoms with Crippen molar-refractivity contribution in [2.24, 2.45) is 10.9 Å². The number of amidine groups is 1. The fourth-order valence-corrected chi connectivity index (χ4v) is 6.78. The third-order valence-electron chi connectivity index (χ3n) is 4.42. The minimum atomic E-state index is -3.16. The maximum Gasteiger partial charge on any atom is 0.250 e. The van der Waals surface area contributed by atoms with Gasteiger partial charge in [-0.15, -0.1) is 0 Å². The van der Waals surface area contributed by atoms with Crippen LogP contribution in [0.3, 0.4) is 0 Å². The van der Waals surface area contributed by atoms with Gasteiger partial charge in [0.25, 0.3) is 5.91 Å².